The summed E-state index contributed by atoms with van der Waals surface area (Å²) in [5.41, 5.74) is 17.3. The first-order valence-electron chi connectivity index (χ1n) is 35.7. The lowest BCUT2D eigenvalue weighted by Crippen LogP contribution is -2.03. The second-order valence-electron chi connectivity index (χ2n) is 27.2. The third-order valence-corrected chi connectivity index (χ3v) is 23.8. The van der Waals surface area contributed by atoms with Crippen LogP contribution >= 0.6 is 34.3 Å². The van der Waals surface area contributed by atoms with Crippen LogP contribution in [0.15, 0.2) is 336 Å². The molecule has 0 bridgehead atoms. The highest BCUT2D eigenvalue weighted by Gasteiger charge is 2.27. The van der Waals surface area contributed by atoms with Crippen molar-refractivity contribution in [3.8, 4) is 50.7 Å². The summed E-state index contributed by atoms with van der Waals surface area (Å²) in [6.45, 7) is 0. The van der Waals surface area contributed by atoms with Crippen LogP contribution in [0.25, 0.3) is 222 Å². The molecule has 0 unspecified atom stereocenters. The highest BCUT2D eigenvalue weighted by molar-refractivity contribution is 7.27. The number of H-pyrrole nitrogens is 1. The minimum Gasteiger partial charge on any atom is -0.452 e. The summed E-state index contributed by atoms with van der Waals surface area (Å²) >= 11 is 10.0. The van der Waals surface area contributed by atoms with Crippen LogP contribution in [-0.4, -0.2) is 29.5 Å². The zero-order chi connectivity index (χ0) is 70.4. The van der Waals surface area contributed by atoms with Crippen LogP contribution in [0.4, 0.5) is 0 Å². The quantitative estimate of drug-likeness (QED) is 0.172. The normalized spacial score (nSPS) is 12.0. The molecule has 1 N–H and O–H groups in total. The molecule has 16 aromatic carbocycles. The van der Waals surface area contributed by atoms with Crippen molar-refractivity contribution in [1.82, 2.24) is 29.5 Å². The second kappa shape index (κ2) is 24.4. The molecule has 0 spiro atoms. The third-order valence-electron chi connectivity index (χ3n) is 21.2. The molecule has 0 saturated carbocycles. The van der Waals surface area contributed by atoms with Crippen LogP contribution in [0.3, 0.4) is 0 Å². The molecule has 0 saturated heterocycles. The maximum absolute atomic E-state index is 6.61. The Morgan fingerprint density at radius 1 is 0.308 bits per heavy atom. The first-order chi connectivity index (χ1) is 53.0. The van der Waals surface area contributed by atoms with Gasteiger partial charge in [-0.3, -0.25) is 4.57 Å². The van der Waals surface area contributed by atoms with Crippen molar-refractivity contribution in [3.63, 3.8) is 0 Å². The standard InChI is InChI=1S/C48H27N3OS.C26H15ClN2O.C22H13NS/c1-2-12-28(13-3-1)29-22-23-31-27-32(25-24-30(31)26-29)43-46-44(36-17-7-10-20-39(36)52-46)50-48(49-43)51-38-19-9-6-16-35(38)41-33-14-4-5-15-34(33)47-42(45(41)51)37-18-8-11-21-40(37)53-47;27-26-28-23(25-24(29-26)21-8-4-5-9-22(21)30-25)20-13-12-18-14-17(10-11-19(18)15-20)16-6-2-1-3-7-16;1-2-8-14-13(7-1)19-15-9-3-5-11-17(15)23-21(19)20-16-10-4-6-12-18(16)24-22(14)20/h1-27H;1-15H;1-12,23H. The van der Waals surface area contributed by atoms with E-state index in [1.165, 1.54) is 127 Å². The number of hydrogen-bond acceptors (Lipinski definition) is 8. The molecule has 0 amide bonds. The fourth-order valence-corrected chi connectivity index (χ4v) is 19.0. The second-order valence-corrected chi connectivity index (χ2v) is 29.7. The Labute approximate surface area is 622 Å². The van der Waals surface area contributed by atoms with Gasteiger partial charge in [-0.15, -0.1) is 22.7 Å². The molecule has 8 nitrogen and oxygen atoms in total. The fourth-order valence-electron chi connectivity index (χ4n) is 16.4. The van der Waals surface area contributed by atoms with Gasteiger partial charge >= 0.3 is 0 Å². The Hall–Kier alpha value is -13.4. The minimum absolute atomic E-state index is 0.212. The molecule has 8 aromatic heterocycles. The average molecular weight is 1420 g/mol. The van der Waals surface area contributed by atoms with Gasteiger partial charge in [0.05, 0.1) is 16.6 Å². The Kier molecular flexibility index (Phi) is 13.9. The lowest BCUT2D eigenvalue weighted by Gasteiger charge is -2.12. The number of benzene rings is 16. The summed E-state index contributed by atoms with van der Waals surface area (Å²) in [4.78, 5) is 23.5. The van der Waals surface area contributed by atoms with Gasteiger partial charge in [-0.2, -0.15) is 0 Å². The molecule has 500 valence electrons. The molecule has 11 heteroatoms. The monoisotopic (exact) mass is 1420 g/mol. The van der Waals surface area contributed by atoms with Gasteiger partial charge in [0.25, 0.3) is 0 Å². The molecular weight excluding hydrogens is 1370 g/mol. The van der Waals surface area contributed by atoms with E-state index >= 15 is 0 Å². The predicted octanol–water partition coefficient (Wildman–Crippen LogP) is 27.8. The van der Waals surface area contributed by atoms with E-state index in [1.807, 2.05) is 71.2 Å². The van der Waals surface area contributed by atoms with Crippen molar-refractivity contribution in [2.45, 2.75) is 0 Å². The topological polar surface area (TPSA) is 98.6 Å². The van der Waals surface area contributed by atoms with Crippen LogP contribution in [0.1, 0.15) is 0 Å². The van der Waals surface area contributed by atoms with Crippen molar-refractivity contribution < 1.29 is 8.83 Å². The number of nitrogens with one attached hydrogen (secondary N) is 1. The molecule has 0 aliphatic rings. The summed E-state index contributed by atoms with van der Waals surface area (Å²) in [7, 11) is 0. The molecule has 8 heterocycles. The van der Waals surface area contributed by atoms with Crippen LogP contribution in [-0.2, 0) is 0 Å². The lowest BCUT2D eigenvalue weighted by atomic mass is 9.99. The molecule has 0 aliphatic carbocycles. The van der Waals surface area contributed by atoms with Crippen LogP contribution in [0, 0.1) is 0 Å². The SMILES string of the molecule is Clc1nc(-c2ccc3cc(-c4ccccc4)ccc3c2)c2oc3ccccc3c2n1.c1ccc(-c2ccc3cc(-c4nc(-n5c6ccccc6c6c7ccccc7c7sc8ccccc8c7c65)nc5c4oc4ccccc45)ccc3c2)cc1.c1ccc2c(c1)[nH]c1c2c2ccccc2c2sc3ccccc3c12. The molecule has 24 rings (SSSR count). The van der Waals surface area contributed by atoms with Gasteiger partial charge in [0, 0.05) is 100 Å². The summed E-state index contributed by atoms with van der Waals surface area (Å²) in [6.07, 6.45) is 0. The summed E-state index contributed by atoms with van der Waals surface area (Å²) in [5, 5.41) is 22.2. The molecule has 107 heavy (non-hydrogen) atoms. The van der Waals surface area contributed by atoms with E-state index in [0.717, 1.165) is 71.6 Å². The molecule has 24 aromatic rings. The summed E-state index contributed by atoms with van der Waals surface area (Å²) < 4.78 is 20.3. The maximum atomic E-state index is 6.61. The van der Waals surface area contributed by atoms with Gasteiger partial charge in [-0.05, 0) is 139 Å². The van der Waals surface area contributed by atoms with E-state index in [4.69, 9.17) is 30.4 Å². The average Bonchev–Trinajstić information content (AvgIpc) is 1.53. The van der Waals surface area contributed by atoms with Crippen LogP contribution in [0.2, 0.25) is 5.28 Å². The first kappa shape index (κ1) is 61.2. The third kappa shape index (κ3) is 9.81. The Balaban J connectivity index is 0.000000111. The Bertz CT molecular complexity index is 7800. The number of thiophene rings is 2. The van der Waals surface area contributed by atoms with E-state index in [9.17, 15) is 0 Å². The van der Waals surface area contributed by atoms with Gasteiger partial charge in [0.2, 0.25) is 11.2 Å². The Morgan fingerprint density at radius 2 is 0.729 bits per heavy atom. The molecule has 0 atom stereocenters. The van der Waals surface area contributed by atoms with Crippen LogP contribution in [0.5, 0.6) is 0 Å². The highest BCUT2D eigenvalue weighted by Crippen LogP contribution is 2.50. The van der Waals surface area contributed by atoms with Crippen molar-refractivity contribution in [1.29, 1.82) is 0 Å². The van der Waals surface area contributed by atoms with Crippen molar-refractivity contribution in [2.75, 3.05) is 0 Å². The van der Waals surface area contributed by atoms with Gasteiger partial charge in [-0.1, -0.05) is 255 Å². The van der Waals surface area contributed by atoms with E-state index in [2.05, 4.69) is 299 Å². The van der Waals surface area contributed by atoms with Gasteiger partial charge in [0.15, 0.2) is 11.2 Å². The molecule has 0 aliphatic heterocycles. The number of furan rings is 2. The Morgan fingerprint density at radius 3 is 1.31 bits per heavy atom. The zero-order valence-electron chi connectivity index (χ0n) is 56.9. The fraction of sp³-hybridized carbons (Fsp3) is 0. The lowest BCUT2D eigenvalue weighted by molar-refractivity contribution is 0.666. The zero-order valence-corrected chi connectivity index (χ0v) is 59.3. The summed E-state index contributed by atoms with van der Waals surface area (Å²) in [5.74, 6) is 0.622. The number of nitrogens with zero attached hydrogens (tertiary/aromatic N) is 5. The maximum Gasteiger partial charge on any atom is 0.236 e. The molecule has 0 fully saturated rings. The highest BCUT2D eigenvalue weighted by atomic mass is 35.5. The molecular formula is C96H55ClN6O2S2. The smallest absolute Gasteiger partial charge is 0.236 e. The minimum atomic E-state index is 0.212. The number of aromatic nitrogens is 6. The van der Waals surface area contributed by atoms with E-state index < -0.39 is 0 Å². The van der Waals surface area contributed by atoms with E-state index in [-0.39, 0.29) is 5.28 Å². The summed E-state index contributed by atoms with van der Waals surface area (Å²) in [6, 6.07) is 115. The first-order valence-corrected chi connectivity index (χ1v) is 37.7. The largest absolute Gasteiger partial charge is 0.452 e. The van der Waals surface area contributed by atoms with E-state index in [0.29, 0.717) is 22.8 Å². The van der Waals surface area contributed by atoms with Crippen molar-refractivity contribution in [3.05, 3.63) is 333 Å². The number of halogens is 1. The number of fused-ring (bicyclic) bond motifs is 28. The number of aromatic amines is 1. The number of para-hydroxylation sites is 4. The van der Waals surface area contributed by atoms with Crippen LogP contribution < -0.4 is 0 Å². The molecule has 0 radical (unpaired) electrons. The van der Waals surface area contributed by atoms with Crippen molar-refractivity contribution in [2.24, 2.45) is 0 Å². The van der Waals surface area contributed by atoms with E-state index in [1.54, 1.807) is 0 Å². The number of hydrogen-bond donors (Lipinski definition) is 1. The van der Waals surface area contributed by atoms with Crippen molar-refractivity contribution >= 4 is 205 Å². The van der Waals surface area contributed by atoms with Gasteiger partial charge in [0.1, 0.15) is 33.6 Å². The predicted molar refractivity (Wildman–Crippen MR) is 451 cm³/mol. The van der Waals surface area contributed by atoms with Gasteiger partial charge < -0.3 is 13.8 Å². The number of rotatable bonds is 5. The van der Waals surface area contributed by atoms with Gasteiger partial charge in [-0.25, -0.2) is 19.9 Å².